The third-order valence-corrected chi connectivity index (χ3v) is 6.40. The lowest BCUT2D eigenvalue weighted by Crippen LogP contribution is -2.14. The van der Waals surface area contributed by atoms with Gasteiger partial charge in [0.25, 0.3) is 0 Å². The van der Waals surface area contributed by atoms with E-state index in [1.807, 2.05) is 18.2 Å². The highest BCUT2D eigenvalue weighted by Gasteiger charge is 2.33. The number of hydrogen-bond acceptors (Lipinski definition) is 7. The number of benzene rings is 1. The van der Waals surface area contributed by atoms with E-state index in [0.717, 1.165) is 49.7 Å². The Morgan fingerprint density at radius 1 is 0.973 bits per heavy atom. The van der Waals surface area contributed by atoms with Crippen molar-refractivity contribution in [3.05, 3.63) is 58.9 Å². The first-order valence-electron chi connectivity index (χ1n) is 13.0. The van der Waals surface area contributed by atoms with Crippen LogP contribution in [0.1, 0.15) is 75.3 Å². The summed E-state index contributed by atoms with van der Waals surface area (Å²) in [4.78, 5) is 34.3. The molecule has 1 aromatic rings. The van der Waals surface area contributed by atoms with Crippen LogP contribution in [0.25, 0.3) is 0 Å². The first-order chi connectivity index (χ1) is 17.8. The van der Waals surface area contributed by atoms with Crippen LogP contribution in [0.5, 0.6) is 0 Å². The molecule has 1 aromatic carbocycles. The molecule has 0 heterocycles. The summed E-state index contributed by atoms with van der Waals surface area (Å²) in [5.41, 5.74) is 3.23. The predicted molar refractivity (Wildman–Crippen MR) is 138 cm³/mol. The lowest BCUT2D eigenvalue weighted by Gasteiger charge is -2.15. The Bertz CT molecular complexity index is 949. The van der Waals surface area contributed by atoms with Crippen LogP contribution in [0.3, 0.4) is 0 Å². The molecule has 0 aromatic heterocycles. The number of aryl methyl sites for hydroxylation is 1. The normalized spacial score (nSPS) is 17.4. The number of methoxy groups -OCH3 is 2. The van der Waals surface area contributed by atoms with Crippen molar-refractivity contribution >= 4 is 17.9 Å². The van der Waals surface area contributed by atoms with Crippen molar-refractivity contribution < 1.29 is 38.8 Å². The number of aliphatic hydroxyl groups excluding tert-OH is 1. The van der Waals surface area contributed by atoms with Gasteiger partial charge in [-0.2, -0.15) is 0 Å². The van der Waals surface area contributed by atoms with Crippen LogP contribution >= 0.6 is 0 Å². The standard InChI is InChI=1S/C29H40O8/c1-35-20-22-12-9-11-21(18-22)10-7-8-13-23-24(14-5-3-4-6-15-28(33)36-2)26(19-25(23)30)37-29(34)17-16-27(31)32/h8-9,11-13,18,23,25,30H,3-7,10,14-17,19-20H2,1-2H3,(H,31,32)/b13-8+/t23?,25-/m1/s1. The van der Waals surface area contributed by atoms with E-state index >= 15 is 0 Å². The van der Waals surface area contributed by atoms with Crippen LogP contribution in [0.15, 0.2) is 47.7 Å². The highest BCUT2D eigenvalue weighted by atomic mass is 16.5. The number of carbonyl (C=O) groups is 3. The number of aliphatic carboxylic acids is 1. The summed E-state index contributed by atoms with van der Waals surface area (Å²) >= 11 is 0. The van der Waals surface area contributed by atoms with Crippen LogP contribution in [-0.2, 0) is 41.6 Å². The van der Waals surface area contributed by atoms with Crippen LogP contribution in [0.4, 0.5) is 0 Å². The van der Waals surface area contributed by atoms with Crippen LogP contribution in [0, 0.1) is 5.92 Å². The average molecular weight is 517 g/mol. The summed E-state index contributed by atoms with van der Waals surface area (Å²) in [6.07, 6.45) is 9.13. The Balaban J connectivity index is 2.00. The molecule has 0 radical (unpaired) electrons. The molecule has 2 atom stereocenters. The largest absolute Gasteiger partial charge is 0.481 e. The lowest BCUT2D eigenvalue weighted by atomic mass is 9.93. The van der Waals surface area contributed by atoms with Crippen molar-refractivity contribution in [1.29, 1.82) is 0 Å². The van der Waals surface area contributed by atoms with Gasteiger partial charge in [0.05, 0.1) is 32.7 Å². The summed E-state index contributed by atoms with van der Waals surface area (Å²) < 4.78 is 15.4. The monoisotopic (exact) mass is 516 g/mol. The molecule has 0 aliphatic heterocycles. The number of allylic oxidation sites excluding steroid dienone is 1. The van der Waals surface area contributed by atoms with Gasteiger partial charge in [0.1, 0.15) is 5.76 Å². The zero-order valence-corrected chi connectivity index (χ0v) is 21.9. The first-order valence-corrected chi connectivity index (χ1v) is 13.0. The zero-order chi connectivity index (χ0) is 27.0. The molecule has 2 N–H and O–H groups in total. The highest BCUT2D eigenvalue weighted by molar-refractivity contribution is 5.77. The fourth-order valence-corrected chi connectivity index (χ4v) is 4.50. The number of hydrogen-bond donors (Lipinski definition) is 2. The van der Waals surface area contributed by atoms with Gasteiger partial charge in [-0.1, -0.05) is 49.3 Å². The minimum Gasteiger partial charge on any atom is -0.481 e. The maximum Gasteiger partial charge on any atom is 0.311 e. The molecule has 2 rings (SSSR count). The van der Waals surface area contributed by atoms with E-state index in [9.17, 15) is 19.5 Å². The van der Waals surface area contributed by atoms with Crippen molar-refractivity contribution in [3.8, 4) is 0 Å². The van der Waals surface area contributed by atoms with Gasteiger partial charge in [-0.15, -0.1) is 0 Å². The minimum absolute atomic E-state index is 0.210. The molecule has 8 nitrogen and oxygen atoms in total. The second-order valence-electron chi connectivity index (χ2n) is 9.32. The smallest absolute Gasteiger partial charge is 0.311 e. The molecule has 0 spiro atoms. The topological polar surface area (TPSA) is 119 Å². The molecule has 0 fully saturated rings. The SMILES string of the molecule is COCc1cccc(CC/C=C/C2C(CCCCCCC(=O)OC)=C(OC(=O)CCC(=O)O)C[C@H]2O)c1. The summed E-state index contributed by atoms with van der Waals surface area (Å²) in [7, 11) is 3.05. The molecule has 37 heavy (non-hydrogen) atoms. The molecule has 0 saturated heterocycles. The number of carbonyl (C=O) groups excluding carboxylic acids is 2. The van der Waals surface area contributed by atoms with Gasteiger partial charge >= 0.3 is 17.9 Å². The summed E-state index contributed by atoms with van der Waals surface area (Å²) in [5, 5.41) is 19.6. The Kier molecular flexibility index (Phi) is 13.7. The average Bonchev–Trinajstić information content (AvgIpc) is 3.16. The zero-order valence-electron chi connectivity index (χ0n) is 21.9. The van der Waals surface area contributed by atoms with Gasteiger partial charge in [0, 0.05) is 25.9 Å². The first kappa shape index (κ1) is 30.3. The van der Waals surface area contributed by atoms with Gasteiger partial charge in [0.15, 0.2) is 0 Å². The maximum absolute atomic E-state index is 12.2. The molecule has 0 bridgehead atoms. The van der Waals surface area contributed by atoms with Gasteiger partial charge < -0.3 is 24.4 Å². The van der Waals surface area contributed by atoms with E-state index in [-0.39, 0.29) is 31.1 Å². The van der Waals surface area contributed by atoms with Crippen molar-refractivity contribution in [1.82, 2.24) is 0 Å². The molecule has 1 aliphatic rings. The summed E-state index contributed by atoms with van der Waals surface area (Å²) in [6.45, 7) is 0.572. The molecule has 8 heteroatoms. The molecule has 204 valence electrons. The van der Waals surface area contributed by atoms with Gasteiger partial charge in [0.2, 0.25) is 0 Å². The summed E-state index contributed by atoms with van der Waals surface area (Å²) in [6, 6.07) is 8.26. The van der Waals surface area contributed by atoms with E-state index in [4.69, 9.17) is 14.6 Å². The quantitative estimate of drug-likeness (QED) is 0.171. The third-order valence-electron chi connectivity index (χ3n) is 6.40. The Hall–Kier alpha value is -2.97. The number of ether oxygens (including phenoxy) is 3. The molecule has 0 saturated carbocycles. The van der Waals surface area contributed by atoms with Gasteiger partial charge in [-0.05, 0) is 48.8 Å². The van der Waals surface area contributed by atoms with Crippen molar-refractivity contribution in [2.75, 3.05) is 14.2 Å². The van der Waals surface area contributed by atoms with Crippen LogP contribution in [-0.4, -0.2) is 48.4 Å². The molecule has 0 amide bonds. The third kappa shape index (κ3) is 11.3. The van der Waals surface area contributed by atoms with Crippen LogP contribution < -0.4 is 0 Å². The molecular weight excluding hydrogens is 476 g/mol. The number of carboxylic acid groups (broad SMARTS) is 1. The molecular formula is C29H40O8. The van der Waals surface area contributed by atoms with E-state index in [2.05, 4.69) is 22.9 Å². The van der Waals surface area contributed by atoms with Gasteiger partial charge in [-0.25, -0.2) is 0 Å². The fourth-order valence-electron chi connectivity index (χ4n) is 4.50. The Labute approximate surface area is 219 Å². The van der Waals surface area contributed by atoms with Crippen molar-refractivity contribution in [3.63, 3.8) is 0 Å². The van der Waals surface area contributed by atoms with E-state index in [0.29, 0.717) is 25.2 Å². The number of rotatable bonds is 17. The van der Waals surface area contributed by atoms with Crippen LogP contribution in [0.2, 0.25) is 0 Å². The molecule has 1 aliphatic carbocycles. The lowest BCUT2D eigenvalue weighted by molar-refractivity contribution is -0.145. The Morgan fingerprint density at radius 3 is 2.46 bits per heavy atom. The highest BCUT2D eigenvalue weighted by Crippen LogP contribution is 2.37. The van der Waals surface area contributed by atoms with Crippen molar-refractivity contribution in [2.24, 2.45) is 5.92 Å². The van der Waals surface area contributed by atoms with E-state index in [1.54, 1.807) is 7.11 Å². The van der Waals surface area contributed by atoms with E-state index in [1.165, 1.54) is 12.7 Å². The fraction of sp³-hybridized carbons (Fsp3) is 0.552. The number of aliphatic hydroxyl groups is 1. The Morgan fingerprint density at radius 2 is 1.73 bits per heavy atom. The number of esters is 2. The molecule has 1 unspecified atom stereocenters. The van der Waals surface area contributed by atoms with E-state index < -0.39 is 18.0 Å². The number of unbranched alkanes of at least 4 members (excludes halogenated alkanes) is 3. The van der Waals surface area contributed by atoms with Gasteiger partial charge in [-0.3, -0.25) is 14.4 Å². The minimum atomic E-state index is -1.06. The predicted octanol–water partition coefficient (Wildman–Crippen LogP) is 4.88. The summed E-state index contributed by atoms with van der Waals surface area (Å²) in [5.74, 6) is -1.66. The van der Waals surface area contributed by atoms with Crippen molar-refractivity contribution in [2.45, 2.75) is 83.3 Å². The second kappa shape index (κ2) is 16.7. The number of carboxylic acids is 1. The maximum atomic E-state index is 12.2. The second-order valence-corrected chi connectivity index (χ2v) is 9.32.